The van der Waals surface area contributed by atoms with Gasteiger partial charge in [0.25, 0.3) is 0 Å². The fourth-order valence-corrected chi connectivity index (χ4v) is 3.44. The Bertz CT molecular complexity index is 624. The van der Waals surface area contributed by atoms with E-state index in [0.717, 1.165) is 19.3 Å². The van der Waals surface area contributed by atoms with Crippen LogP contribution in [0.15, 0.2) is 91.0 Å². The molecule has 2 heteroatoms. The molecule has 0 aliphatic rings. The molecule has 0 unspecified atom stereocenters. The summed E-state index contributed by atoms with van der Waals surface area (Å²) in [5.74, 6) is 0. The van der Waals surface area contributed by atoms with Crippen LogP contribution in [0.2, 0.25) is 0 Å². The van der Waals surface area contributed by atoms with E-state index in [9.17, 15) is 5.11 Å². The average molecular weight is 408 g/mol. The predicted octanol–water partition coefficient (Wildman–Crippen LogP) is 4.69. The molecule has 126 valence electrons. The van der Waals surface area contributed by atoms with Gasteiger partial charge in [0.1, 0.15) is 0 Å². The van der Waals surface area contributed by atoms with Gasteiger partial charge in [-0.1, -0.05) is 91.0 Å². The second kappa shape index (κ2) is 9.85. The summed E-state index contributed by atoms with van der Waals surface area (Å²) in [6, 6.07) is 31.5. The number of hydrogen-bond acceptors (Lipinski definition) is 1. The molecule has 1 nitrogen and oxygen atoms in total. The van der Waals surface area contributed by atoms with Crippen molar-refractivity contribution in [2.45, 2.75) is 19.3 Å². The molecule has 0 spiro atoms. The minimum Gasteiger partial charge on any atom is -0.396 e. The Morgan fingerprint density at radius 2 is 0.800 bits per heavy atom. The molecule has 0 saturated heterocycles. The second-order valence-corrected chi connectivity index (χ2v) is 6.65. The van der Waals surface area contributed by atoms with Crippen molar-refractivity contribution in [1.82, 2.24) is 0 Å². The van der Waals surface area contributed by atoms with Gasteiger partial charge in [0, 0.05) is 38.2 Å². The molecule has 0 aliphatic carbocycles. The van der Waals surface area contributed by atoms with Gasteiger partial charge in [0.2, 0.25) is 0 Å². The molecule has 3 rings (SSSR count). The Kier molecular flexibility index (Phi) is 7.81. The zero-order valence-electron chi connectivity index (χ0n) is 14.4. The van der Waals surface area contributed by atoms with Crippen LogP contribution in [0.1, 0.15) is 16.7 Å². The summed E-state index contributed by atoms with van der Waals surface area (Å²) in [6.07, 6.45) is 2.61. The molecule has 3 aromatic rings. The Hall–Kier alpha value is -1.50. The minimum atomic E-state index is -0.190. The third-order valence-electron chi connectivity index (χ3n) is 4.60. The van der Waals surface area contributed by atoms with Gasteiger partial charge in [-0.2, -0.15) is 0 Å². The summed E-state index contributed by atoms with van der Waals surface area (Å²) in [7, 11) is 0. The maximum absolute atomic E-state index is 10.4. The van der Waals surface area contributed by atoms with Crippen molar-refractivity contribution in [3.05, 3.63) is 108 Å². The number of aliphatic hydroxyl groups excluding tert-OH is 1. The Morgan fingerprint density at radius 3 is 1.04 bits per heavy atom. The summed E-state index contributed by atoms with van der Waals surface area (Å²) in [5.41, 5.74) is 3.64. The molecule has 0 saturated carbocycles. The maximum Gasteiger partial charge on any atom is 0.0497 e. The third-order valence-corrected chi connectivity index (χ3v) is 4.60. The van der Waals surface area contributed by atoms with Gasteiger partial charge < -0.3 is 5.11 Å². The van der Waals surface area contributed by atoms with Crippen LogP contribution in [0.3, 0.4) is 0 Å². The third kappa shape index (κ3) is 5.77. The fraction of sp³-hybridized carbons (Fsp3) is 0.217. The van der Waals surface area contributed by atoms with Gasteiger partial charge in [0.05, 0.1) is 0 Å². The van der Waals surface area contributed by atoms with Crippen molar-refractivity contribution < 1.29 is 31.3 Å². The molecule has 0 amide bonds. The van der Waals surface area contributed by atoms with Crippen LogP contribution in [0, 0.1) is 5.41 Å². The smallest absolute Gasteiger partial charge is 0.0497 e. The molecular weight excluding hydrogens is 383 g/mol. The first-order valence-electron chi connectivity index (χ1n) is 8.52. The van der Waals surface area contributed by atoms with Crippen LogP contribution in [-0.4, -0.2) is 11.7 Å². The molecule has 1 N–H and O–H groups in total. The Morgan fingerprint density at radius 1 is 0.520 bits per heavy atom. The van der Waals surface area contributed by atoms with Crippen LogP contribution in [0.25, 0.3) is 0 Å². The molecule has 0 aliphatic heterocycles. The number of benzene rings is 3. The van der Waals surface area contributed by atoms with E-state index < -0.39 is 0 Å². The first-order valence-corrected chi connectivity index (χ1v) is 8.52. The van der Waals surface area contributed by atoms with E-state index in [0.29, 0.717) is 0 Å². The van der Waals surface area contributed by atoms with E-state index in [1.165, 1.54) is 16.7 Å². The zero-order valence-corrected chi connectivity index (χ0v) is 16.9. The van der Waals surface area contributed by atoms with Gasteiger partial charge in [-0.05, 0) is 36.0 Å². The van der Waals surface area contributed by atoms with Crippen LogP contribution < -0.4 is 0 Å². The normalized spacial score (nSPS) is 10.9. The molecule has 0 bridgehead atoms. The van der Waals surface area contributed by atoms with Crippen molar-refractivity contribution >= 4 is 0 Å². The molecule has 0 aromatic heterocycles. The number of aliphatic hydroxyl groups is 1. The summed E-state index contributed by atoms with van der Waals surface area (Å²) in [6.45, 7) is 0.172. The van der Waals surface area contributed by atoms with Gasteiger partial charge in [0.15, 0.2) is 0 Å². The zero-order chi connectivity index (χ0) is 16.7. The summed E-state index contributed by atoms with van der Waals surface area (Å²) in [5, 5.41) is 10.4. The topological polar surface area (TPSA) is 20.2 Å². The van der Waals surface area contributed by atoms with E-state index in [1.807, 2.05) is 18.2 Å². The summed E-state index contributed by atoms with van der Waals surface area (Å²) >= 11 is 0. The Labute approximate surface area is 169 Å². The molecule has 0 fully saturated rings. The number of hydrogen-bond donors (Lipinski definition) is 1. The van der Waals surface area contributed by atoms with Gasteiger partial charge in [-0.25, -0.2) is 0 Å². The molecule has 0 atom stereocenters. The molecule has 25 heavy (non-hydrogen) atoms. The van der Waals surface area contributed by atoms with E-state index in [2.05, 4.69) is 72.8 Å². The van der Waals surface area contributed by atoms with Crippen LogP contribution in [0.4, 0.5) is 0 Å². The molecule has 3 aromatic carbocycles. The van der Waals surface area contributed by atoms with Gasteiger partial charge in [-0.15, -0.1) is 0 Å². The first kappa shape index (κ1) is 19.8. The van der Waals surface area contributed by atoms with E-state index in [4.69, 9.17) is 0 Å². The van der Waals surface area contributed by atoms with Crippen LogP contribution >= 0.6 is 0 Å². The predicted molar refractivity (Wildman–Crippen MR) is 100.0 cm³/mol. The van der Waals surface area contributed by atoms with Gasteiger partial charge in [-0.3, -0.25) is 0 Å². The minimum absolute atomic E-state index is 0. The SMILES string of the molecule is OCC(Cc1ccccc1)(Cc1ccccc1)Cc1ccccc1.[Zr]. The van der Waals surface area contributed by atoms with Crippen LogP contribution in [0.5, 0.6) is 0 Å². The van der Waals surface area contributed by atoms with E-state index in [1.54, 1.807) is 0 Å². The quantitative estimate of drug-likeness (QED) is 0.602. The Balaban J connectivity index is 0.00000225. The number of rotatable bonds is 7. The average Bonchev–Trinajstić information content (AvgIpc) is 2.64. The van der Waals surface area contributed by atoms with Crippen molar-refractivity contribution in [2.75, 3.05) is 6.61 Å². The summed E-state index contributed by atoms with van der Waals surface area (Å²) < 4.78 is 0. The van der Waals surface area contributed by atoms with Crippen molar-refractivity contribution in [3.63, 3.8) is 0 Å². The van der Waals surface area contributed by atoms with E-state index >= 15 is 0 Å². The van der Waals surface area contributed by atoms with Crippen LogP contribution in [-0.2, 0) is 45.5 Å². The van der Waals surface area contributed by atoms with Crippen molar-refractivity contribution in [3.8, 4) is 0 Å². The second-order valence-electron chi connectivity index (χ2n) is 6.65. The molecule has 0 radical (unpaired) electrons. The molecular formula is C23H24OZr. The van der Waals surface area contributed by atoms with Crippen molar-refractivity contribution in [1.29, 1.82) is 0 Å². The van der Waals surface area contributed by atoms with Gasteiger partial charge >= 0.3 is 0 Å². The van der Waals surface area contributed by atoms with E-state index in [-0.39, 0.29) is 38.2 Å². The largest absolute Gasteiger partial charge is 0.396 e. The first-order chi connectivity index (χ1) is 11.8. The standard InChI is InChI=1S/C23H24O.Zr/c24-19-23(16-20-10-4-1-5-11-20,17-21-12-6-2-7-13-21)18-22-14-8-3-9-15-22;/h1-15,24H,16-19H2;. The monoisotopic (exact) mass is 406 g/mol. The molecule has 0 heterocycles. The fourth-order valence-electron chi connectivity index (χ4n) is 3.44. The maximum atomic E-state index is 10.4. The summed E-state index contributed by atoms with van der Waals surface area (Å²) in [4.78, 5) is 0. The van der Waals surface area contributed by atoms with Crippen molar-refractivity contribution in [2.24, 2.45) is 5.41 Å².